The molecule has 0 aliphatic carbocycles. The lowest BCUT2D eigenvalue weighted by molar-refractivity contribution is 0.342. The molecule has 0 aromatic rings. The molecule has 0 heterocycles. The summed E-state index contributed by atoms with van der Waals surface area (Å²) in [6.45, 7) is 0.797. The van der Waals surface area contributed by atoms with E-state index in [4.69, 9.17) is 11.7 Å². The third-order valence-corrected chi connectivity index (χ3v) is 0.773. The number of nitrogens with two attached hydrogens (primary N) is 2. The first-order chi connectivity index (χ1) is 4.81. The van der Waals surface area contributed by atoms with Gasteiger partial charge in [0.2, 0.25) is 0 Å². The molecule has 10 heavy (non-hydrogen) atoms. The molecule has 0 aromatic heterocycles. The van der Waals surface area contributed by atoms with E-state index in [9.17, 15) is 0 Å². The Morgan fingerprint density at radius 3 is 1.80 bits per heavy atom. The Morgan fingerprint density at radius 2 is 1.50 bits per heavy atom. The van der Waals surface area contributed by atoms with Crippen LogP contribution in [0.3, 0.4) is 0 Å². The Hall–Kier alpha value is -1.24. The summed E-state index contributed by atoms with van der Waals surface area (Å²) in [5.74, 6) is 9.52. The van der Waals surface area contributed by atoms with Crippen LogP contribution in [0.2, 0.25) is 0 Å². The summed E-state index contributed by atoms with van der Waals surface area (Å²) in [5.41, 5.74) is 0. The van der Waals surface area contributed by atoms with E-state index >= 15 is 0 Å². The topological polar surface area (TPSA) is 105 Å². The van der Waals surface area contributed by atoms with E-state index in [1.165, 1.54) is 0 Å². The first-order valence-electron chi connectivity index (χ1n) is 2.63. The average Bonchev–Trinajstić information content (AvgIpc) is 1.97. The fourth-order valence-electron chi connectivity index (χ4n) is 0.334. The van der Waals surface area contributed by atoms with Crippen LogP contribution >= 0.6 is 0 Å². The van der Waals surface area contributed by atoms with Crippen molar-refractivity contribution < 1.29 is 0 Å². The third-order valence-electron chi connectivity index (χ3n) is 0.773. The normalized spacial score (nSPS) is 12.2. The number of nitrogens with zero attached hydrogens (tertiary/aromatic N) is 5. The van der Waals surface area contributed by atoms with Crippen molar-refractivity contribution in [2.45, 2.75) is 0 Å². The molecule has 7 heteroatoms. The number of hydrogen-bond acceptors (Lipinski definition) is 5. The summed E-state index contributed by atoms with van der Waals surface area (Å²) in [7, 11) is 1.80. The van der Waals surface area contributed by atoms with Crippen LogP contribution in [0.4, 0.5) is 0 Å². The highest BCUT2D eigenvalue weighted by Gasteiger charge is 1.91. The van der Waals surface area contributed by atoms with Gasteiger partial charge < -0.3 is 11.7 Å². The molecule has 0 saturated carbocycles. The molecule has 0 atom stereocenters. The van der Waals surface area contributed by atoms with E-state index in [0.29, 0.717) is 13.3 Å². The van der Waals surface area contributed by atoms with E-state index in [-0.39, 0.29) is 0 Å². The highest BCUT2D eigenvalue weighted by Crippen LogP contribution is 1.82. The van der Waals surface area contributed by atoms with Crippen molar-refractivity contribution in [2.24, 2.45) is 32.4 Å². The molecular weight excluding hydrogens is 134 g/mol. The lowest BCUT2D eigenvalue weighted by Gasteiger charge is -2.06. The molecule has 4 N–H and O–H groups in total. The summed E-state index contributed by atoms with van der Waals surface area (Å²) in [4.78, 5) is 1.74. The van der Waals surface area contributed by atoms with Gasteiger partial charge in [-0.2, -0.15) is 10.2 Å². The first kappa shape index (κ1) is 8.76. The Kier molecular flexibility index (Phi) is 5.16. The van der Waals surface area contributed by atoms with Crippen LogP contribution in [0, 0.1) is 0 Å². The summed E-state index contributed by atoms with van der Waals surface area (Å²) < 4.78 is 0. The van der Waals surface area contributed by atoms with E-state index < -0.39 is 0 Å². The second kappa shape index (κ2) is 5.89. The minimum Gasteiger partial charge on any atom is -0.305 e. The minimum atomic E-state index is 0.398. The van der Waals surface area contributed by atoms with Gasteiger partial charge in [-0.15, -0.1) is 0 Å². The molecule has 0 fully saturated rings. The molecule has 0 radical (unpaired) electrons. The highest BCUT2D eigenvalue weighted by molar-refractivity contribution is 4.40. The van der Waals surface area contributed by atoms with Crippen LogP contribution < -0.4 is 11.7 Å². The molecule has 0 unspecified atom stereocenters. The van der Waals surface area contributed by atoms with E-state index in [2.05, 4.69) is 20.7 Å². The zero-order chi connectivity index (χ0) is 7.82. The first-order valence-corrected chi connectivity index (χ1v) is 2.63. The van der Waals surface area contributed by atoms with Crippen LogP contribution in [-0.2, 0) is 0 Å². The van der Waals surface area contributed by atoms with Crippen molar-refractivity contribution in [1.29, 1.82) is 0 Å². The fraction of sp³-hybridized carbons (Fsp3) is 1.00. The molecule has 7 nitrogen and oxygen atoms in total. The van der Waals surface area contributed by atoms with Gasteiger partial charge in [-0.3, -0.25) is 4.90 Å². The van der Waals surface area contributed by atoms with Gasteiger partial charge >= 0.3 is 0 Å². The minimum absolute atomic E-state index is 0.398. The molecule has 0 aliphatic rings. The van der Waals surface area contributed by atoms with Crippen LogP contribution in [0.15, 0.2) is 20.7 Å². The maximum Gasteiger partial charge on any atom is 0.115 e. The molecule has 0 aromatic carbocycles. The van der Waals surface area contributed by atoms with E-state index in [0.717, 1.165) is 0 Å². The van der Waals surface area contributed by atoms with Gasteiger partial charge in [-0.05, 0) is 7.05 Å². The van der Waals surface area contributed by atoms with Crippen molar-refractivity contribution in [1.82, 2.24) is 4.90 Å². The zero-order valence-electron chi connectivity index (χ0n) is 5.80. The summed E-state index contributed by atoms with van der Waals surface area (Å²) in [6.07, 6.45) is 0. The standard InChI is InChI=1S/C3H11N7/c1-10(2-6-8-4)3-7-9-5/h2-3H2,1H3,(H2,4,6)(H2,5,7). The second-order valence-electron chi connectivity index (χ2n) is 1.65. The number of hydrogen-bond donors (Lipinski definition) is 2. The Labute approximate surface area is 58.7 Å². The van der Waals surface area contributed by atoms with Crippen molar-refractivity contribution >= 4 is 0 Å². The lowest BCUT2D eigenvalue weighted by Crippen LogP contribution is -2.18. The molecule has 0 bridgehead atoms. The third kappa shape index (κ3) is 4.91. The van der Waals surface area contributed by atoms with Crippen molar-refractivity contribution in [3.8, 4) is 0 Å². The molecule has 58 valence electrons. The van der Waals surface area contributed by atoms with Gasteiger partial charge in [0.15, 0.2) is 0 Å². The van der Waals surface area contributed by atoms with Gasteiger partial charge in [0.05, 0.1) is 0 Å². The van der Waals surface area contributed by atoms with Crippen LogP contribution in [-0.4, -0.2) is 25.3 Å². The molecule has 0 saturated heterocycles. The summed E-state index contributed by atoms with van der Waals surface area (Å²) >= 11 is 0. The largest absolute Gasteiger partial charge is 0.305 e. The summed E-state index contributed by atoms with van der Waals surface area (Å²) in [5, 5.41) is 13.1. The van der Waals surface area contributed by atoms with E-state index in [1.807, 2.05) is 0 Å². The molecule has 0 spiro atoms. The lowest BCUT2D eigenvalue weighted by atomic mass is 10.8. The predicted octanol–water partition coefficient (Wildman–Crippen LogP) is -0.515. The molecule has 0 rings (SSSR count). The Balaban J connectivity index is 3.33. The van der Waals surface area contributed by atoms with Crippen LogP contribution in [0.1, 0.15) is 0 Å². The molecular formula is C3H11N7. The second-order valence-corrected chi connectivity index (χ2v) is 1.65. The van der Waals surface area contributed by atoms with Crippen molar-refractivity contribution in [3.05, 3.63) is 0 Å². The molecule has 0 aliphatic heterocycles. The van der Waals surface area contributed by atoms with E-state index in [1.54, 1.807) is 11.9 Å². The average molecular weight is 145 g/mol. The smallest absolute Gasteiger partial charge is 0.115 e. The van der Waals surface area contributed by atoms with Gasteiger partial charge in [0.25, 0.3) is 0 Å². The van der Waals surface area contributed by atoms with Gasteiger partial charge in [-0.1, -0.05) is 10.4 Å². The number of rotatable bonds is 4. The Morgan fingerprint density at radius 1 is 1.10 bits per heavy atom. The van der Waals surface area contributed by atoms with Gasteiger partial charge in [-0.25, -0.2) is 0 Å². The predicted molar refractivity (Wildman–Crippen MR) is 35.6 cm³/mol. The van der Waals surface area contributed by atoms with Crippen LogP contribution in [0.25, 0.3) is 0 Å². The quantitative estimate of drug-likeness (QED) is 0.316. The van der Waals surface area contributed by atoms with Crippen molar-refractivity contribution in [3.63, 3.8) is 0 Å². The molecule has 0 amide bonds. The highest BCUT2D eigenvalue weighted by atomic mass is 15.4. The zero-order valence-corrected chi connectivity index (χ0v) is 5.80. The van der Waals surface area contributed by atoms with Gasteiger partial charge in [0.1, 0.15) is 13.3 Å². The van der Waals surface area contributed by atoms with Crippen LogP contribution in [0.5, 0.6) is 0 Å². The monoisotopic (exact) mass is 145 g/mol. The Bertz CT molecular complexity index is 104. The maximum absolute atomic E-state index is 4.76. The van der Waals surface area contributed by atoms with Gasteiger partial charge in [0, 0.05) is 0 Å². The fourth-order valence-corrected chi connectivity index (χ4v) is 0.334. The SMILES string of the molecule is CN(CN=NN)CN=NN. The maximum atomic E-state index is 4.76. The van der Waals surface area contributed by atoms with Crippen molar-refractivity contribution in [2.75, 3.05) is 20.4 Å². The summed E-state index contributed by atoms with van der Waals surface area (Å²) in [6, 6.07) is 0.